The zero-order chi connectivity index (χ0) is 22.8. The van der Waals surface area contributed by atoms with E-state index >= 15 is 0 Å². The molecule has 0 bridgehead atoms. The van der Waals surface area contributed by atoms with Gasteiger partial charge in [0.05, 0.1) is 12.7 Å². The van der Waals surface area contributed by atoms with Gasteiger partial charge in [-0.1, -0.05) is 66.2 Å². The highest BCUT2D eigenvalue weighted by molar-refractivity contribution is 6.30. The van der Waals surface area contributed by atoms with E-state index in [0.717, 1.165) is 11.1 Å². The Morgan fingerprint density at radius 2 is 1.72 bits per heavy atom. The molecular formula is C26H26ClNO4. The van der Waals surface area contributed by atoms with Gasteiger partial charge < -0.3 is 19.9 Å². The van der Waals surface area contributed by atoms with Gasteiger partial charge in [-0.15, -0.1) is 0 Å². The maximum atomic E-state index is 12.3. The molecular weight excluding hydrogens is 426 g/mol. The molecule has 6 heteroatoms. The van der Waals surface area contributed by atoms with E-state index < -0.39 is 12.1 Å². The van der Waals surface area contributed by atoms with E-state index in [1.807, 2.05) is 42.5 Å². The number of carbonyl (C=O) groups excluding carboxylic acids is 1. The Morgan fingerprint density at radius 1 is 1.03 bits per heavy atom. The standard InChI is InChI=1S/C26H26ClNO4/c1-31-26(30)25(15-19-7-11-22(27)12-8-19)21-9-13-24(14-10-21)32-18-23(29)17-28-16-20-5-3-2-4-6-20/h2-15,23,28-29H,16-18H2,1H3/b25-15+. The Hall–Kier alpha value is -3.12. The fraction of sp³-hybridized carbons (Fsp3) is 0.192. The van der Waals surface area contributed by atoms with Crippen molar-refractivity contribution in [2.45, 2.75) is 12.6 Å². The van der Waals surface area contributed by atoms with E-state index in [1.54, 1.807) is 42.5 Å². The minimum Gasteiger partial charge on any atom is -0.491 e. The van der Waals surface area contributed by atoms with Gasteiger partial charge in [-0.05, 0) is 47.0 Å². The monoisotopic (exact) mass is 451 g/mol. The molecule has 0 aliphatic heterocycles. The molecule has 0 saturated heterocycles. The smallest absolute Gasteiger partial charge is 0.338 e. The zero-order valence-electron chi connectivity index (χ0n) is 17.8. The van der Waals surface area contributed by atoms with Crippen molar-refractivity contribution in [3.8, 4) is 5.75 Å². The van der Waals surface area contributed by atoms with Crippen molar-refractivity contribution in [1.82, 2.24) is 5.32 Å². The van der Waals surface area contributed by atoms with Gasteiger partial charge in [0, 0.05) is 18.1 Å². The van der Waals surface area contributed by atoms with Crippen molar-refractivity contribution >= 4 is 29.2 Å². The number of aliphatic hydroxyl groups is 1. The topological polar surface area (TPSA) is 67.8 Å². The van der Waals surface area contributed by atoms with Gasteiger partial charge in [-0.25, -0.2) is 4.79 Å². The normalized spacial score (nSPS) is 12.3. The number of hydrogen-bond acceptors (Lipinski definition) is 5. The molecule has 3 aromatic rings. The lowest BCUT2D eigenvalue weighted by Gasteiger charge is -2.14. The van der Waals surface area contributed by atoms with E-state index in [9.17, 15) is 9.90 Å². The molecule has 0 aliphatic carbocycles. The summed E-state index contributed by atoms with van der Waals surface area (Å²) in [6, 6.07) is 24.3. The van der Waals surface area contributed by atoms with Crippen LogP contribution in [0, 0.1) is 0 Å². The van der Waals surface area contributed by atoms with Crippen molar-refractivity contribution in [2.24, 2.45) is 0 Å². The Kier molecular flexibility index (Phi) is 8.87. The van der Waals surface area contributed by atoms with Crippen molar-refractivity contribution in [2.75, 3.05) is 20.3 Å². The zero-order valence-corrected chi connectivity index (χ0v) is 18.6. The van der Waals surface area contributed by atoms with Crippen LogP contribution in [0.3, 0.4) is 0 Å². The predicted octanol–water partition coefficient (Wildman–Crippen LogP) is 4.58. The summed E-state index contributed by atoms with van der Waals surface area (Å²) in [5.41, 5.74) is 3.11. The third-order valence-corrected chi connectivity index (χ3v) is 5.00. The highest BCUT2D eigenvalue weighted by atomic mass is 35.5. The Bertz CT molecular complexity index is 1020. The fourth-order valence-corrected chi connectivity index (χ4v) is 3.18. The average Bonchev–Trinajstić information content (AvgIpc) is 2.83. The molecule has 5 nitrogen and oxygen atoms in total. The van der Waals surface area contributed by atoms with Gasteiger partial charge in [0.1, 0.15) is 18.5 Å². The van der Waals surface area contributed by atoms with Gasteiger partial charge in [0.2, 0.25) is 0 Å². The maximum Gasteiger partial charge on any atom is 0.338 e. The second kappa shape index (κ2) is 12.1. The molecule has 0 fully saturated rings. The van der Waals surface area contributed by atoms with Crippen LogP contribution in [-0.4, -0.2) is 37.4 Å². The first-order chi connectivity index (χ1) is 15.5. The van der Waals surface area contributed by atoms with Crippen LogP contribution in [0.15, 0.2) is 78.9 Å². The number of carbonyl (C=O) groups is 1. The summed E-state index contributed by atoms with van der Waals surface area (Å²) in [7, 11) is 1.35. The van der Waals surface area contributed by atoms with E-state index in [-0.39, 0.29) is 6.61 Å². The first-order valence-corrected chi connectivity index (χ1v) is 10.6. The van der Waals surface area contributed by atoms with Crippen LogP contribution < -0.4 is 10.1 Å². The number of hydrogen-bond donors (Lipinski definition) is 2. The van der Waals surface area contributed by atoms with E-state index in [0.29, 0.717) is 35.0 Å². The van der Waals surface area contributed by atoms with Crippen LogP contribution in [0.5, 0.6) is 5.75 Å². The molecule has 3 rings (SSSR count). The molecule has 0 aliphatic rings. The van der Waals surface area contributed by atoms with Crippen molar-refractivity contribution in [3.05, 3.63) is 101 Å². The Balaban J connectivity index is 1.56. The lowest BCUT2D eigenvalue weighted by atomic mass is 10.0. The maximum absolute atomic E-state index is 12.3. The van der Waals surface area contributed by atoms with Crippen molar-refractivity contribution < 1.29 is 19.4 Å². The van der Waals surface area contributed by atoms with E-state index in [1.165, 1.54) is 7.11 Å². The second-order valence-corrected chi connectivity index (χ2v) is 7.64. The molecule has 0 amide bonds. The third kappa shape index (κ3) is 7.24. The molecule has 166 valence electrons. The summed E-state index contributed by atoms with van der Waals surface area (Å²) in [4.78, 5) is 12.3. The molecule has 0 aromatic heterocycles. The molecule has 1 unspecified atom stereocenters. The quantitative estimate of drug-likeness (QED) is 0.268. The molecule has 3 aromatic carbocycles. The van der Waals surface area contributed by atoms with E-state index in [2.05, 4.69) is 5.32 Å². The van der Waals surface area contributed by atoms with Gasteiger partial charge in [-0.2, -0.15) is 0 Å². The van der Waals surface area contributed by atoms with Gasteiger partial charge in [0.25, 0.3) is 0 Å². The highest BCUT2D eigenvalue weighted by Crippen LogP contribution is 2.23. The number of nitrogens with one attached hydrogen (secondary N) is 1. The second-order valence-electron chi connectivity index (χ2n) is 7.21. The Labute approximate surface area is 193 Å². The van der Waals surface area contributed by atoms with Crippen LogP contribution in [0.25, 0.3) is 11.6 Å². The molecule has 0 saturated carbocycles. The van der Waals surface area contributed by atoms with Crippen LogP contribution in [0.2, 0.25) is 5.02 Å². The SMILES string of the molecule is COC(=O)/C(=C/c1ccc(Cl)cc1)c1ccc(OCC(O)CNCc2ccccc2)cc1. The van der Waals surface area contributed by atoms with Gasteiger partial charge >= 0.3 is 5.97 Å². The number of rotatable bonds is 10. The number of halogens is 1. The molecule has 32 heavy (non-hydrogen) atoms. The summed E-state index contributed by atoms with van der Waals surface area (Å²) in [5.74, 6) is 0.167. The number of methoxy groups -OCH3 is 1. The summed E-state index contributed by atoms with van der Waals surface area (Å²) < 4.78 is 10.6. The number of ether oxygens (including phenoxy) is 2. The highest BCUT2D eigenvalue weighted by Gasteiger charge is 2.13. The van der Waals surface area contributed by atoms with Crippen LogP contribution in [0.4, 0.5) is 0 Å². The van der Waals surface area contributed by atoms with Crippen LogP contribution >= 0.6 is 11.6 Å². The van der Waals surface area contributed by atoms with Gasteiger partial charge in [0.15, 0.2) is 0 Å². The largest absolute Gasteiger partial charge is 0.491 e. The minimum absolute atomic E-state index is 0.158. The number of aliphatic hydroxyl groups excluding tert-OH is 1. The van der Waals surface area contributed by atoms with Crippen molar-refractivity contribution in [3.63, 3.8) is 0 Å². The van der Waals surface area contributed by atoms with Gasteiger partial charge in [-0.3, -0.25) is 0 Å². The molecule has 1 atom stereocenters. The lowest BCUT2D eigenvalue weighted by molar-refractivity contribution is -0.133. The molecule has 0 heterocycles. The summed E-state index contributed by atoms with van der Waals surface area (Å²) >= 11 is 5.93. The summed E-state index contributed by atoms with van der Waals surface area (Å²) in [5, 5.41) is 14.0. The first kappa shape index (κ1) is 23.5. The summed E-state index contributed by atoms with van der Waals surface area (Å²) in [6.45, 7) is 1.26. The number of esters is 1. The summed E-state index contributed by atoms with van der Waals surface area (Å²) in [6.07, 6.45) is 1.11. The van der Waals surface area contributed by atoms with Crippen LogP contribution in [0.1, 0.15) is 16.7 Å². The van der Waals surface area contributed by atoms with Crippen LogP contribution in [-0.2, 0) is 16.1 Å². The van der Waals surface area contributed by atoms with E-state index in [4.69, 9.17) is 21.1 Å². The van der Waals surface area contributed by atoms with Crippen molar-refractivity contribution in [1.29, 1.82) is 0 Å². The third-order valence-electron chi connectivity index (χ3n) is 4.75. The fourth-order valence-electron chi connectivity index (χ4n) is 3.06. The predicted molar refractivity (Wildman–Crippen MR) is 127 cm³/mol. The molecule has 2 N–H and O–H groups in total. The molecule has 0 radical (unpaired) electrons. The molecule has 0 spiro atoms. The number of benzene rings is 3. The average molecular weight is 452 g/mol. The minimum atomic E-state index is -0.645. The Morgan fingerprint density at radius 3 is 2.38 bits per heavy atom. The lowest BCUT2D eigenvalue weighted by Crippen LogP contribution is -2.31. The first-order valence-electron chi connectivity index (χ1n) is 10.3.